The van der Waals surface area contributed by atoms with Crippen LogP contribution in [-0.2, 0) is 4.79 Å². The molecule has 1 saturated heterocycles. The zero-order chi connectivity index (χ0) is 13.8. The maximum absolute atomic E-state index is 12.3. The Morgan fingerprint density at radius 3 is 2.65 bits per heavy atom. The predicted molar refractivity (Wildman–Crippen MR) is 83.0 cm³/mol. The second-order valence-electron chi connectivity index (χ2n) is 6.48. The highest BCUT2D eigenvalue weighted by Crippen LogP contribution is 2.33. The number of amides is 1. The van der Waals surface area contributed by atoms with E-state index in [1.807, 2.05) is 0 Å². The van der Waals surface area contributed by atoms with E-state index in [0.717, 1.165) is 6.42 Å². The van der Waals surface area contributed by atoms with Crippen LogP contribution in [0.3, 0.4) is 0 Å². The molecule has 118 valence electrons. The predicted octanol–water partition coefficient (Wildman–Crippen LogP) is 1.85. The van der Waals surface area contributed by atoms with Gasteiger partial charge in [-0.2, -0.15) is 0 Å². The molecule has 1 amide bonds. The molecule has 5 heteroatoms. The summed E-state index contributed by atoms with van der Waals surface area (Å²) >= 11 is 0. The molecule has 3 N–H and O–H groups in total. The van der Waals surface area contributed by atoms with Gasteiger partial charge in [0.05, 0.1) is 6.04 Å². The smallest absolute Gasteiger partial charge is 0.237 e. The van der Waals surface area contributed by atoms with Crippen LogP contribution < -0.4 is 10.6 Å². The maximum atomic E-state index is 12.3. The van der Waals surface area contributed by atoms with Crippen molar-refractivity contribution >= 4 is 18.3 Å². The van der Waals surface area contributed by atoms with Crippen LogP contribution in [0.2, 0.25) is 0 Å². The molecule has 0 spiro atoms. The molecule has 4 nitrogen and oxygen atoms in total. The summed E-state index contributed by atoms with van der Waals surface area (Å²) in [5.74, 6) is 1.18. The van der Waals surface area contributed by atoms with Crippen LogP contribution in [0.4, 0.5) is 0 Å². The third-order valence-electron chi connectivity index (χ3n) is 4.75. The Kier molecular flexibility index (Phi) is 7.27. The molecule has 0 bridgehead atoms. The number of carbonyl (C=O) groups is 1. The Labute approximate surface area is 128 Å². The molecule has 20 heavy (non-hydrogen) atoms. The second kappa shape index (κ2) is 8.20. The number of hydrogen-bond acceptors (Lipinski definition) is 3. The van der Waals surface area contributed by atoms with Crippen molar-refractivity contribution in [1.82, 2.24) is 10.6 Å². The topological polar surface area (TPSA) is 61.4 Å². The highest BCUT2D eigenvalue weighted by atomic mass is 35.5. The van der Waals surface area contributed by atoms with Gasteiger partial charge in [-0.15, -0.1) is 12.4 Å². The SMILES string of the molecule is CC(C)C(CCO)NC(=O)C1CC2CCCCC2N1.Cl. The van der Waals surface area contributed by atoms with Gasteiger partial charge in [0.25, 0.3) is 0 Å². The summed E-state index contributed by atoms with van der Waals surface area (Å²) in [5.41, 5.74) is 0. The van der Waals surface area contributed by atoms with Gasteiger partial charge < -0.3 is 15.7 Å². The molecule has 0 aromatic heterocycles. The maximum Gasteiger partial charge on any atom is 0.237 e. The molecular weight excluding hydrogens is 276 g/mol. The molecule has 0 aromatic rings. The number of halogens is 1. The fourth-order valence-electron chi connectivity index (χ4n) is 3.52. The lowest BCUT2D eigenvalue weighted by atomic mass is 9.85. The third kappa shape index (κ3) is 4.34. The minimum Gasteiger partial charge on any atom is -0.396 e. The van der Waals surface area contributed by atoms with Gasteiger partial charge in [0.1, 0.15) is 0 Å². The summed E-state index contributed by atoms with van der Waals surface area (Å²) < 4.78 is 0. The largest absolute Gasteiger partial charge is 0.396 e. The number of rotatable bonds is 5. The van der Waals surface area contributed by atoms with Gasteiger partial charge in [-0.1, -0.05) is 26.7 Å². The van der Waals surface area contributed by atoms with Crippen molar-refractivity contribution in [2.75, 3.05) is 6.61 Å². The zero-order valence-electron chi connectivity index (χ0n) is 12.6. The van der Waals surface area contributed by atoms with Crippen LogP contribution in [0.1, 0.15) is 52.4 Å². The lowest BCUT2D eigenvalue weighted by Gasteiger charge is -2.24. The van der Waals surface area contributed by atoms with Crippen molar-refractivity contribution in [3.63, 3.8) is 0 Å². The highest BCUT2D eigenvalue weighted by molar-refractivity contribution is 5.85. The average Bonchev–Trinajstić information content (AvgIpc) is 2.81. The molecule has 1 aliphatic carbocycles. The molecule has 2 aliphatic rings. The van der Waals surface area contributed by atoms with E-state index in [-0.39, 0.29) is 37.0 Å². The molecule has 1 heterocycles. The standard InChI is InChI=1S/C15H28N2O2.ClH/c1-10(2)12(7-8-18)17-15(19)14-9-11-5-3-4-6-13(11)16-14;/h10-14,16,18H,3-9H2,1-2H3,(H,17,19);1H. The minimum absolute atomic E-state index is 0. The molecule has 2 rings (SSSR count). The van der Waals surface area contributed by atoms with Crippen molar-refractivity contribution in [1.29, 1.82) is 0 Å². The Morgan fingerprint density at radius 1 is 1.35 bits per heavy atom. The molecule has 0 aromatic carbocycles. The van der Waals surface area contributed by atoms with Crippen LogP contribution in [0.15, 0.2) is 0 Å². The Hall–Kier alpha value is -0.320. The number of aliphatic hydroxyl groups excluding tert-OH is 1. The first-order chi connectivity index (χ1) is 9.11. The Bertz CT molecular complexity index is 298. The van der Waals surface area contributed by atoms with Gasteiger partial charge in [-0.3, -0.25) is 4.79 Å². The van der Waals surface area contributed by atoms with Crippen molar-refractivity contribution in [3.05, 3.63) is 0 Å². The monoisotopic (exact) mass is 304 g/mol. The number of aliphatic hydroxyl groups is 1. The van der Waals surface area contributed by atoms with E-state index < -0.39 is 0 Å². The number of hydrogen-bond donors (Lipinski definition) is 3. The van der Waals surface area contributed by atoms with Gasteiger partial charge in [0.15, 0.2) is 0 Å². The molecule has 4 atom stereocenters. The van der Waals surface area contributed by atoms with Crippen LogP contribution in [0.5, 0.6) is 0 Å². The second-order valence-corrected chi connectivity index (χ2v) is 6.48. The lowest BCUT2D eigenvalue weighted by Crippen LogP contribution is -2.48. The van der Waals surface area contributed by atoms with Gasteiger partial charge in [-0.05, 0) is 37.5 Å². The first-order valence-corrected chi connectivity index (χ1v) is 7.79. The van der Waals surface area contributed by atoms with Gasteiger partial charge in [0.2, 0.25) is 5.91 Å². The first kappa shape index (κ1) is 17.7. The molecule has 0 radical (unpaired) electrons. The molecule has 1 aliphatic heterocycles. The zero-order valence-corrected chi connectivity index (χ0v) is 13.4. The van der Waals surface area contributed by atoms with Crippen molar-refractivity contribution in [2.45, 2.75) is 70.5 Å². The van der Waals surface area contributed by atoms with E-state index in [0.29, 0.717) is 24.3 Å². The van der Waals surface area contributed by atoms with Crippen LogP contribution in [0.25, 0.3) is 0 Å². The van der Waals surface area contributed by atoms with Crippen LogP contribution >= 0.6 is 12.4 Å². The van der Waals surface area contributed by atoms with E-state index in [1.54, 1.807) is 0 Å². The summed E-state index contributed by atoms with van der Waals surface area (Å²) in [4.78, 5) is 12.3. The van der Waals surface area contributed by atoms with Crippen LogP contribution in [0, 0.1) is 11.8 Å². The van der Waals surface area contributed by atoms with E-state index in [4.69, 9.17) is 5.11 Å². The Morgan fingerprint density at radius 2 is 2.05 bits per heavy atom. The van der Waals surface area contributed by atoms with E-state index in [9.17, 15) is 4.79 Å². The lowest BCUT2D eigenvalue weighted by molar-refractivity contribution is -0.124. The number of carbonyl (C=O) groups excluding carboxylic acids is 1. The molecule has 2 fully saturated rings. The molecular formula is C15H29ClN2O2. The van der Waals surface area contributed by atoms with Crippen molar-refractivity contribution in [3.8, 4) is 0 Å². The van der Waals surface area contributed by atoms with Gasteiger partial charge in [-0.25, -0.2) is 0 Å². The number of fused-ring (bicyclic) bond motifs is 1. The Balaban J connectivity index is 0.00000200. The van der Waals surface area contributed by atoms with Gasteiger partial charge >= 0.3 is 0 Å². The minimum atomic E-state index is -0.0203. The normalized spacial score (nSPS) is 30.5. The van der Waals surface area contributed by atoms with Crippen LogP contribution in [-0.4, -0.2) is 35.7 Å². The summed E-state index contributed by atoms with van der Waals surface area (Å²) in [6.45, 7) is 4.30. The molecule has 1 saturated carbocycles. The third-order valence-corrected chi connectivity index (χ3v) is 4.75. The summed E-state index contributed by atoms with van der Waals surface area (Å²) in [6, 6.07) is 0.620. The highest BCUT2D eigenvalue weighted by Gasteiger charge is 2.38. The first-order valence-electron chi connectivity index (χ1n) is 7.79. The summed E-state index contributed by atoms with van der Waals surface area (Å²) in [7, 11) is 0. The van der Waals surface area contributed by atoms with Gasteiger partial charge in [0, 0.05) is 18.7 Å². The van der Waals surface area contributed by atoms with Crippen molar-refractivity contribution < 1.29 is 9.90 Å². The average molecular weight is 305 g/mol. The number of nitrogens with one attached hydrogen (secondary N) is 2. The van der Waals surface area contributed by atoms with E-state index in [1.165, 1.54) is 25.7 Å². The van der Waals surface area contributed by atoms with Crippen molar-refractivity contribution in [2.24, 2.45) is 11.8 Å². The fourth-order valence-corrected chi connectivity index (χ4v) is 3.52. The quantitative estimate of drug-likeness (QED) is 0.726. The summed E-state index contributed by atoms with van der Waals surface area (Å²) in [6.07, 6.45) is 6.73. The summed E-state index contributed by atoms with van der Waals surface area (Å²) in [5, 5.41) is 15.7. The molecule has 4 unspecified atom stereocenters. The fraction of sp³-hybridized carbons (Fsp3) is 0.933. The van der Waals surface area contributed by atoms with E-state index >= 15 is 0 Å². The van der Waals surface area contributed by atoms with E-state index in [2.05, 4.69) is 24.5 Å².